The molecule has 0 bridgehead atoms. The Labute approximate surface area is 148 Å². The van der Waals surface area contributed by atoms with Crippen molar-refractivity contribution in [2.24, 2.45) is 0 Å². The zero-order chi connectivity index (χ0) is 17.3. The van der Waals surface area contributed by atoms with Gasteiger partial charge >= 0.3 is 0 Å². The molecule has 126 valence electrons. The molecule has 0 aliphatic heterocycles. The highest BCUT2D eigenvalue weighted by atomic mass is 16.5. The van der Waals surface area contributed by atoms with Gasteiger partial charge in [-0.2, -0.15) is 0 Å². The fourth-order valence-corrected chi connectivity index (χ4v) is 2.60. The van der Waals surface area contributed by atoms with Crippen LogP contribution in [0.4, 0.5) is 0 Å². The number of nitrogens with zero attached hydrogens (tertiary/aromatic N) is 1. The lowest BCUT2D eigenvalue weighted by Gasteiger charge is -2.15. The largest absolute Gasteiger partial charge is 0.624 e. The third-order valence-corrected chi connectivity index (χ3v) is 3.88. The predicted molar refractivity (Wildman–Crippen MR) is 100 cm³/mol. The Morgan fingerprint density at radius 2 is 1.28 bits per heavy atom. The van der Waals surface area contributed by atoms with Gasteiger partial charge in [0.2, 0.25) is 0 Å². The van der Waals surface area contributed by atoms with E-state index in [1.165, 1.54) is 0 Å². The van der Waals surface area contributed by atoms with Crippen molar-refractivity contribution in [3.05, 3.63) is 113 Å². The number of hydrogen-bond acceptors (Lipinski definition) is 2. The molecule has 3 rings (SSSR count). The van der Waals surface area contributed by atoms with Gasteiger partial charge in [-0.25, -0.2) is 4.74 Å². The monoisotopic (exact) mass is 331 g/mol. The van der Waals surface area contributed by atoms with Crippen LogP contribution >= 0.6 is 0 Å². The SMILES string of the molecule is [O-]/[N+](=C\[C@@H](OCc1ccccc1)c1ccccc1)Cc1ccccc1. The van der Waals surface area contributed by atoms with Crippen molar-refractivity contribution < 1.29 is 9.48 Å². The molecule has 0 spiro atoms. The molecular formula is C22H21NO2. The first kappa shape index (κ1) is 16.9. The molecule has 3 heteroatoms. The van der Waals surface area contributed by atoms with E-state index in [0.29, 0.717) is 13.2 Å². The summed E-state index contributed by atoms with van der Waals surface area (Å²) < 4.78 is 6.97. The smallest absolute Gasteiger partial charge is 0.184 e. The second-order valence-corrected chi connectivity index (χ2v) is 5.84. The molecule has 0 aliphatic carbocycles. The van der Waals surface area contributed by atoms with Crippen LogP contribution in [0.1, 0.15) is 22.8 Å². The molecule has 3 aromatic carbocycles. The van der Waals surface area contributed by atoms with Crippen LogP contribution in [0.25, 0.3) is 0 Å². The second kappa shape index (κ2) is 8.81. The standard InChI is InChI=1S/C22H21NO2/c24-23(16-19-10-4-1-5-11-19)17-22(21-14-8-3-9-15-21)25-18-20-12-6-2-7-13-20/h1-15,17,22H,16,18H2/b23-17-/t22-/m1/s1. The molecule has 0 radical (unpaired) electrons. The third-order valence-electron chi connectivity index (χ3n) is 3.88. The van der Waals surface area contributed by atoms with E-state index in [-0.39, 0.29) is 6.10 Å². The Morgan fingerprint density at radius 3 is 1.88 bits per heavy atom. The molecule has 3 aromatic rings. The molecule has 0 amide bonds. The van der Waals surface area contributed by atoms with E-state index in [0.717, 1.165) is 21.4 Å². The second-order valence-electron chi connectivity index (χ2n) is 5.84. The van der Waals surface area contributed by atoms with Gasteiger partial charge in [0.1, 0.15) is 0 Å². The Kier molecular flexibility index (Phi) is 5.96. The maximum absolute atomic E-state index is 12.4. The number of rotatable bonds is 7. The van der Waals surface area contributed by atoms with Crippen molar-refractivity contribution in [2.45, 2.75) is 19.3 Å². The highest BCUT2D eigenvalue weighted by Crippen LogP contribution is 2.17. The number of hydrogen-bond donors (Lipinski definition) is 0. The zero-order valence-electron chi connectivity index (χ0n) is 14.0. The van der Waals surface area contributed by atoms with E-state index in [9.17, 15) is 5.21 Å². The van der Waals surface area contributed by atoms with Gasteiger partial charge in [0.05, 0.1) is 6.61 Å². The first-order valence-electron chi connectivity index (χ1n) is 8.34. The van der Waals surface area contributed by atoms with E-state index in [1.807, 2.05) is 91.0 Å². The highest BCUT2D eigenvalue weighted by molar-refractivity contribution is 5.61. The molecule has 3 nitrogen and oxygen atoms in total. The van der Waals surface area contributed by atoms with Gasteiger partial charge in [-0.05, 0) is 11.1 Å². The Hall–Kier alpha value is -2.91. The molecular weight excluding hydrogens is 310 g/mol. The van der Waals surface area contributed by atoms with Crippen LogP contribution in [-0.4, -0.2) is 11.0 Å². The third kappa shape index (κ3) is 5.30. The maximum Gasteiger partial charge on any atom is 0.184 e. The molecule has 0 saturated heterocycles. The highest BCUT2D eigenvalue weighted by Gasteiger charge is 2.14. The molecule has 0 heterocycles. The van der Waals surface area contributed by atoms with Gasteiger partial charge in [-0.3, -0.25) is 0 Å². The number of hydroxylamine groups is 1. The lowest BCUT2D eigenvalue weighted by Crippen LogP contribution is -2.14. The average Bonchev–Trinajstić information content (AvgIpc) is 2.67. The van der Waals surface area contributed by atoms with Crippen LogP contribution in [0, 0.1) is 5.21 Å². The van der Waals surface area contributed by atoms with E-state index in [1.54, 1.807) is 6.21 Å². The Balaban J connectivity index is 1.75. The summed E-state index contributed by atoms with van der Waals surface area (Å²) in [6.07, 6.45) is 1.22. The maximum atomic E-state index is 12.4. The number of benzene rings is 3. The normalized spacial score (nSPS) is 12.7. The van der Waals surface area contributed by atoms with Gasteiger partial charge < -0.3 is 9.94 Å². The zero-order valence-corrected chi connectivity index (χ0v) is 14.0. The summed E-state index contributed by atoms with van der Waals surface area (Å²) in [6, 6.07) is 29.5. The summed E-state index contributed by atoms with van der Waals surface area (Å²) in [6.45, 7) is 0.759. The molecule has 0 saturated carbocycles. The summed E-state index contributed by atoms with van der Waals surface area (Å²) in [5, 5.41) is 12.4. The predicted octanol–water partition coefficient (Wildman–Crippen LogP) is 4.73. The fourth-order valence-electron chi connectivity index (χ4n) is 2.60. The lowest BCUT2D eigenvalue weighted by molar-refractivity contribution is -0.473. The molecule has 0 fully saturated rings. The van der Waals surface area contributed by atoms with Crippen molar-refractivity contribution in [1.82, 2.24) is 0 Å². The van der Waals surface area contributed by atoms with Crippen LogP contribution < -0.4 is 0 Å². The summed E-state index contributed by atoms with van der Waals surface area (Å²) in [4.78, 5) is 0. The van der Waals surface area contributed by atoms with Crippen molar-refractivity contribution >= 4 is 6.21 Å². The van der Waals surface area contributed by atoms with Crippen LogP contribution in [-0.2, 0) is 17.9 Å². The van der Waals surface area contributed by atoms with E-state index < -0.39 is 0 Å². The minimum absolute atomic E-state index is 0.304. The van der Waals surface area contributed by atoms with E-state index in [2.05, 4.69) is 0 Å². The minimum Gasteiger partial charge on any atom is -0.624 e. The molecule has 0 unspecified atom stereocenters. The van der Waals surface area contributed by atoms with Gasteiger partial charge in [-0.1, -0.05) is 91.0 Å². The van der Waals surface area contributed by atoms with Gasteiger partial charge in [0.15, 0.2) is 18.9 Å². The summed E-state index contributed by atoms with van der Waals surface area (Å²) in [7, 11) is 0. The molecule has 0 aliphatic rings. The molecule has 0 N–H and O–H groups in total. The molecule has 0 aromatic heterocycles. The van der Waals surface area contributed by atoms with E-state index >= 15 is 0 Å². The first-order valence-corrected chi connectivity index (χ1v) is 8.34. The van der Waals surface area contributed by atoms with Crippen molar-refractivity contribution in [3.63, 3.8) is 0 Å². The lowest BCUT2D eigenvalue weighted by atomic mass is 10.1. The van der Waals surface area contributed by atoms with Crippen LogP contribution in [0.15, 0.2) is 91.0 Å². The molecule has 25 heavy (non-hydrogen) atoms. The van der Waals surface area contributed by atoms with Gasteiger partial charge in [0, 0.05) is 5.56 Å². The Bertz CT molecular complexity index is 786. The van der Waals surface area contributed by atoms with Crippen molar-refractivity contribution in [1.29, 1.82) is 0 Å². The average molecular weight is 331 g/mol. The Morgan fingerprint density at radius 1 is 0.760 bits per heavy atom. The van der Waals surface area contributed by atoms with Crippen LogP contribution in [0.2, 0.25) is 0 Å². The summed E-state index contributed by atoms with van der Waals surface area (Å²) in [5.74, 6) is 0. The fraction of sp³-hybridized carbons (Fsp3) is 0.136. The van der Waals surface area contributed by atoms with E-state index in [4.69, 9.17) is 4.74 Å². The van der Waals surface area contributed by atoms with Crippen LogP contribution in [0.5, 0.6) is 0 Å². The topological polar surface area (TPSA) is 35.3 Å². The number of ether oxygens (including phenoxy) is 1. The summed E-state index contributed by atoms with van der Waals surface area (Å²) in [5.41, 5.74) is 3.02. The van der Waals surface area contributed by atoms with Crippen LogP contribution in [0.3, 0.4) is 0 Å². The van der Waals surface area contributed by atoms with Crippen molar-refractivity contribution in [2.75, 3.05) is 0 Å². The van der Waals surface area contributed by atoms with Gasteiger partial charge in [0.25, 0.3) is 0 Å². The first-order chi connectivity index (χ1) is 12.3. The van der Waals surface area contributed by atoms with Crippen molar-refractivity contribution in [3.8, 4) is 0 Å². The van der Waals surface area contributed by atoms with Gasteiger partial charge in [-0.15, -0.1) is 0 Å². The molecule has 1 atom stereocenters. The minimum atomic E-state index is -0.386. The summed E-state index contributed by atoms with van der Waals surface area (Å²) >= 11 is 0. The quantitative estimate of drug-likeness (QED) is 0.272.